The molecule has 0 spiro atoms. The van der Waals surface area contributed by atoms with Crippen molar-refractivity contribution in [1.29, 1.82) is 0 Å². The summed E-state index contributed by atoms with van der Waals surface area (Å²) in [5.74, 6) is 2.11. The quantitative estimate of drug-likeness (QED) is 0.244. The minimum absolute atomic E-state index is 0. The highest BCUT2D eigenvalue weighted by atomic mass is 127. The van der Waals surface area contributed by atoms with Crippen molar-refractivity contribution in [2.45, 2.75) is 52.7 Å². The molecule has 0 radical (unpaired) electrons. The molecule has 0 aliphatic carbocycles. The molecule has 0 saturated carbocycles. The van der Waals surface area contributed by atoms with Crippen LogP contribution < -0.4 is 25.4 Å². The Bertz CT molecular complexity index is 599. The molecule has 0 aromatic heterocycles. The van der Waals surface area contributed by atoms with E-state index in [1.807, 2.05) is 52.0 Å². The van der Waals surface area contributed by atoms with Crippen molar-refractivity contribution in [1.82, 2.24) is 16.0 Å². The molecule has 3 N–H and O–H groups in total. The van der Waals surface area contributed by atoms with Gasteiger partial charge in [0, 0.05) is 25.6 Å². The maximum atomic E-state index is 11.8. The van der Waals surface area contributed by atoms with Gasteiger partial charge in [-0.3, -0.25) is 4.79 Å². The zero-order valence-electron chi connectivity index (χ0n) is 17.6. The molecule has 0 bridgehead atoms. The Labute approximate surface area is 186 Å². The number of aliphatic imine (C=N–C) groups is 1. The van der Waals surface area contributed by atoms with Gasteiger partial charge in [0.2, 0.25) is 5.91 Å². The predicted octanol–water partition coefficient (Wildman–Crippen LogP) is 2.94. The van der Waals surface area contributed by atoms with Crippen LogP contribution in [-0.2, 0) is 4.79 Å². The number of halogens is 1. The lowest BCUT2D eigenvalue weighted by Gasteiger charge is -2.17. The number of benzene rings is 1. The van der Waals surface area contributed by atoms with Gasteiger partial charge in [-0.05, 0) is 39.3 Å². The fourth-order valence-electron chi connectivity index (χ4n) is 2.28. The molecule has 1 rings (SSSR count). The third-order valence-electron chi connectivity index (χ3n) is 3.91. The fourth-order valence-corrected chi connectivity index (χ4v) is 2.28. The standard InChI is InChI=1S/C20H34N4O3.HI/c1-6-15(3)24-19(25)12-13-22-20(21-7-2)23-14-16(4)27-18-11-9-8-10-17(18)26-5;/h8-11,15-16H,6-7,12-14H2,1-5H3,(H,24,25)(H2,21,22,23);1H. The summed E-state index contributed by atoms with van der Waals surface area (Å²) >= 11 is 0. The van der Waals surface area contributed by atoms with E-state index in [2.05, 4.69) is 20.9 Å². The van der Waals surface area contributed by atoms with Crippen LogP contribution in [-0.4, -0.2) is 50.8 Å². The van der Waals surface area contributed by atoms with Crippen molar-refractivity contribution < 1.29 is 14.3 Å². The molecule has 1 aromatic carbocycles. The zero-order valence-corrected chi connectivity index (χ0v) is 19.9. The molecule has 28 heavy (non-hydrogen) atoms. The second-order valence-electron chi connectivity index (χ2n) is 6.35. The van der Waals surface area contributed by atoms with Crippen LogP contribution in [0.3, 0.4) is 0 Å². The predicted molar refractivity (Wildman–Crippen MR) is 125 cm³/mol. The lowest BCUT2D eigenvalue weighted by atomic mass is 10.2. The number of carbonyl (C=O) groups excluding carboxylic acids is 1. The summed E-state index contributed by atoms with van der Waals surface area (Å²) in [7, 11) is 1.62. The van der Waals surface area contributed by atoms with E-state index < -0.39 is 0 Å². The normalized spacial score (nSPS) is 13.0. The van der Waals surface area contributed by atoms with Crippen LogP contribution >= 0.6 is 24.0 Å². The lowest BCUT2D eigenvalue weighted by Crippen LogP contribution is -2.40. The van der Waals surface area contributed by atoms with E-state index in [0.29, 0.717) is 37.0 Å². The Kier molecular flexibility index (Phi) is 14.3. The van der Waals surface area contributed by atoms with Crippen LogP contribution in [0.4, 0.5) is 0 Å². The number of carbonyl (C=O) groups is 1. The van der Waals surface area contributed by atoms with Gasteiger partial charge in [-0.15, -0.1) is 24.0 Å². The highest BCUT2D eigenvalue weighted by Crippen LogP contribution is 2.26. The van der Waals surface area contributed by atoms with Crippen molar-refractivity contribution in [2.75, 3.05) is 26.7 Å². The molecule has 2 atom stereocenters. The van der Waals surface area contributed by atoms with Crippen LogP contribution in [0.5, 0.6) is 11.5 Å². The smallest absolute Gasteiger partial charge is 0.221 e. The number of rotatable bonds is 11. The van der Waals surface area contributed by atoms with E-state index in [-0.39, 0.29) is 42.0 Å². The Hall–Kier alpha value is -1.71. The summed E-state index contributed by atoms with van der Waals surface area (Å²) in [4.78, 5) is 16.4. The molecule has 8 heteroatoms. The molecule has 7 nitrogen and oxygen atoms in total. The van der Waals surface area contributed by atoms with Crippen LogP contribution in [0.25, 0.3) is 0 Å². The Morgan fingerprint density at radius 2 is 1.82 bits per heavy atom. The average molecular weight is 506 g/mol. The highest BCUT2D eigenvalue weighted by Gasteiger charge is 2.09. The molecule has 0 aliphatic heterocycles. The van der Waals surface area contributed by atoms with Crippen LogP contribution in [0.2, 0.25) is 0 Å². The van der Waals surface area contributed by atoms with Crippen molar-refractivity contribution in [3.8, 4) is 11.5 Å². The van der Waals surface area contributed by atoms with Crippen molar-refractivity contribution >= 4 is 35.8 Å². The summed E-state index contributed by atoms with van der Waals surface area (Å²) in [6.07, 6.45) is 1.21. The van der Waals surface area contributed by atoms with Crippen LogP contribution in [0, 0.1) is 0 Å². The van der Waals surface area contributed by atoms with Gasteiger partial charge < -0.3 is 25.4 Å². The molecular formula is C20H35IN4O3. The first-order valence-corrected chi connectivity index (χ1v) is 9.61. The third kappa shape index (κ3) is 10.6. The summed E-state index contributed by atoms with van der Waals surface area (Å²) in [5, 5.41) is 9.31. The summed E-state index contributed by atoms with van der Waals surface area (Å²) in [5.41, 5.74) is 0. The third-order valence-corrected chi connectivity index (χ3v) is 3.91. The van der Waals surface area contributed by atoms with Gasteiger partial charge >= 0.3 is 0 Å². The van der Waals surface area contributed by atoms with E-state index in [1.54, 1.807) is 7.11 Å². The maximum absolute atomic E-state index is 11.8. The number of amides is 1. The summed E-state index contributed by atoms with van der Waals surface area (Å²) in [6, 6.07) is 7.75. The number of hydrogen-bond acceptors (Lipinski definition) is 4. The van der Waals surface area contributed by atoms with Gasteiger partial charge in [-0.1, -0.05) is 19.1 Å². The second-order valence-corrected chi connectivity index (χ2v) is 6.35. The van der Waals surface area contributed by atoms with E-state index in [9.17, 15) is 4.79 Å². The Morgan fingerprint density at radius 3 is 2.43 bits per heavy atom. The number of guanidine groups is 1. The van der Waals surface area contributed by atoms with Crippen LogP contribution in [0.1, 0.15) is 40.5 Å². The van der Waals surface area contributed by atoms with Crippen LogP contribution in [0.15, 0.2) is 29.3 Å². The van der Waals surface area contributed by atoms with Crippen molar-refractivity contribution in [2.24, 2.45) is 4.99 Å². The molecule has 0 heterocycles. The molecule has 1 aromatic rings. The van der Waals surface area contributed by atoms with E-state index in [1.165, 1.54) is 0 Å². The first-order chi connectivity index (χ1) is 13.0. The average Bonchev–Trinajstić information content (AvgIpc) is 2.66. The molecule has 1 amide bonds. The topological polar surface area (TPSA) is 84.0 Å². The molecule has 160 valence electrons. The molecular weight excluding hydrogens is 471 g/mol. The maximum Gasteiger partial charge on any atom is 0.221 e. The second kappa shape index (κ2) is 15.2. The molecule has 0 aliphatic rings. The number of nitrogens with one attached hydrogen (secondary N) is 3. The van der Waals surface area contributed by atoms with Crippen molar-refractivity contribution in [3.63, 3.8) is 0 Å². The minimum Gasteiger partial charge on any atom is -0.493 e. The van der Waals surface area contributed by atoms with E-state index in [0.717, 1.165) is 13.0 Å². The van der Waals surface area contributed by atoms with E-state index >= 15 is 0 Å². The van der Waals surface area contributed by atoms with Gasteiger partial charge in [0.25, 0.3) is 0 Å². The number of hydrogen-bond donors (Lipinski definition) is 3. The number of ether oxygens (including phenoxy) is 2. The largest absolute Gasteiger partial charge is 0.493 e. The van der Waals surface area contributed by atoms with Crippen molar-refractivity contribution in [3.05, 3.63) is 24.3 Å². The number of para-hydroxylation sites is 2. The zero-order chi connectivity index (χ0) is 20.1. The minimum atomic E-state index is -0.120. The SMILES string of the molecule is CCNC(=NCC(C)Oc1ccccc1OC)NCCC(=O)NC(C)CC.I. The van der Waals surface area contributed by atoms with Gasteiger partial charge in [0.05, 0.1) is 13.7 Å². The molecule has 0 saturated heterocycles. The summed E-state index contributed by atoms with van der Waals surface area (Å²) < 4.78 is 11.2. The fraction of sp³-hybridized carbons (Fsp3) is 0.600. The monoisotopic (exact) mass is 506 g/mol. The molecule has 0 fully saturated rings. The number of nitrogens with zero attached hydrogens (tertiary/aromatic N) is 1. The van der Waals surface area contributed by atoms with Gasteiger partial charge in [0.1, 0.15) is 6.10 Å². The Balaban J connectivity index is 0.00000729. The number of methoxy groups -OCH3 is 1. The van der Waals surface area contributed by atoms with Gasteiger partial charge in [-0.25, -0.2) is 4.99 Å². The molecule has 2 unspecified atom stereocenters. The first-order valence-electron chi connectivity index (χ1n) is 9.61. The first kappa shape index (κ1) is 26.3. The highest BCUT2D eigenvalue weighted by molar-refractivity contribution is 14.0. The van der Waals surface area contributed by atoms with Gasteiger partial charge in [-0.2, -0.15) is 0 Å². The van der Waals surface area contributed by atoms with Gasteiger partial charge in [0.15, 0.2) is 17.5 Å². The summed E-state index contributed by atoms with van der Waals surface area (Å²) in [6.45, 7) is 9.75. The lowest BCUT2D eigenvalue weighted by molar-refractivity contribution is -0.121. The van der Waals surface area contributed by atoms with E-state index in [4.69, 9.17) is 9.47 Å². The Morgan fingerprint density at radius 1 is 1.14 bits per heavy atom.